The van der Waals surface area contributed by atoms with E-state index >= 15 is 0 Å². The molecule has 2 N–H and O–H groups in total. The summed E-state index contributed by atoms with van der Waals surface area (Å²) in [6, 6.07) is 2.45. The Morgan fingerprint density at radius 2 is 1.69 bits per heavy atom. The predicted octanol–water partition coefficient (Wildman–Crippen LogP) is 1.10. The van der Waals surface area contributed by atoms with E-state index in [1.807, 2.05) is 0 Å². The molecule has 0 unspecified atom stereocenters. The highest BCUT2D eigenvalue weighted by Crippen LogP contribution is 2.28. The number of aromatic carboxylic acids is 2. The van der Waals surface area contributed by atoms with Crippen molar-refractivity contribution in [1.29, 1.82) is 0 Å². The van der Waals surface area contributed by atoms with E-state index < -0.39 is 17.5 Å². The summed E-state index contributed by atoms with van der Waals surface area (Å²) in [4.78, 5) is 21.8. The molecule has 0 spiro atoms. The molecule has 6 heteroatoms. The highest BCUT2D eigenvalue weighted by atomic mass is 16.5. The molecule has 16 heavy (non-hydrogen) atoms. The average Bonchev–Trinajstić information content (AvgIpc) is 2.26. The minimum Gasteiger partial charge on any atom is -0.497 e. The summed E-state index contributed by atoms with van der Waals surface area (Å²) in [5.41, 5.74) is -0.764. The van der Waals surface area contributed by atoms with Gasteiger partial charge in [0.15, 0.2) is 0 Å². The van der Waals surface area contributed by atoms with Gasteiger partial charge in [-0.2, -0.15) is 0 Å². The summed E-state index contributed by atoms with van der Waals surface area (Å²) >= 11 is 0. The number of methoxy groups -OCH3 is 2. The lowest BCUT2D eigenvalue weighted by Crippen LogP contribution is -2.10. The predicted molar refractivity (Wildman–Crippen MR) is 53.5 cm³/mol. The lowest BCUT2D eigenvalue weighted by atomic mass is 10.1. The topological polar surface area (TPSA) is 93.1 Å². The first-order chi connectivity index (χ1) is 7.51. The molecule has 1 aromatic carbocycles. The van der Waals surface area contributed by atoms with Crippen LogP contribution in [0.1, 0.15) is 20.7 Å². The Morgan fingerprint density at radius 1 is 1.06 bits per heavy atom. The van der Waals surface area contributed by atoms with E-state index in [4.69, 9.17) is 19.7 Å². The van der Waals surface area contributed by atoms with Gasteiger partial charge >= 0.3 is 11.9 Å². The maximum absolute atomic E-state index is 10.9. The summed E-state index contributed by atoms with van der Waals surface area (Å²) in [7, 11) is 2.60. The number of hydrogen-bond donors (Lipinski definition) is 2. The molecule has 0 aliphatic carbocycles. The molecule has 0 aliphatic rings. The molecule has 0 amide bonds. The fourth-order valence-electron chi connectivity index (χ4n) is 1.26. The second kappa shape index (κ2) is 4.52. The summed E-state index contributed by atoms with van der Waals surface area (Å²) in [5, 5.41) is 17.8. The van der Waals surface area contributed by atoms with Crippen LogP contribution in [-0.4, -0.2) is 36.4 Å². The first-order valence-electron chi connectivity index (χ1n) is 4.23. The molecule has 0 saturated carbocycles. The van der Waals surface area contributed by atoms with Crippen molar-refractivity contribution in [2.24, 2.45) is 0 Å². The molecule has 0 bridgehead atoms. The largest absolute Gasteiger partial charge is 0.497 e. The third-order valence-corrected chi connectivity index (χ3v) is 1.98. The van der Waals surface area contributed by atoms with Crippen LogP contribution in [0.25, 0.3) is 0 Å². The highest BCUT2D eigenvalue weighted by Gasteiger charge is 2.22. The van der Waals surface area contributed by atoms with Crippen molar-refractivity contribution in [1.82, 2.24) is 0 Å². The SMILES string of the molecule is COc1cc(OC)c(C(=O)O)c(C(=O)O)c1. The lowest BCUT2D eigenvalue weighted by Gasteiger charge is -2.10. The van der Waals surface area contributed by atoms with E-state index in [2.05, 4.69) is 0 Å². The van der Waals surface area contributed by atoms with Crippen LogP contribution >= 0.6 is 0 Å². The van der Waals surface area contributed by atoms with Gasteiger partial charge in [0.2, 0.25) is 0 Å². The van der Waals surface area contributed by atoms with Crippen molar-refractivity contribution in [3.05, 3.63) is 23.3 Å². The van der Waals surface area contributed by atoms with Gasteiger partial charge in [-0.05, 0) is 6.07 Å². The monoisotopic (exact) mass is 226 g/mol. The maximum atomic E-state index is 10.9. The van der Waals surface area contributed by atoms with Crippen molar-refractivity contribution < 1.29 is 29.3 Å². The summed E-state index contributed by atoms with van der Waals surface area (Å²) in [5.74, 6) is -2.55. The third-order valence-electron chi connectivity index (χ3n) is 1.98. The summed E-state index contributed by atoms with van der Waals surface area (Å²) in [6.07, 6.45) is 0. The highest BCUT2D eigenvalue weighted by molar-refractivity contribution is 6.04. The summed E-state index contributed by atoms with van der Waals surface area (Å²) < 4.78 is 9.66. The minimum absolute atomic E-state index is 0.0516. The Balaban J connectivity index is 3.53. The summed E-state index contributed by atoms with van der Waals surface area (Å²) in [6.45, 7) is 0. The molecule has 0 fully saturated rings. The van der Waals surface area contributed by atoms with E-state index in [1.54, 1.807) is 0 Å². The normalized spacial score (nSPS) is 9.62. The fraction of sp³-hybridized carbons (Fsp3) is 0.200. The van der Waals surface area contributed by atoms with Gasteiger partial charge in [0.05, 0.1) is 19.8 Å². The minimum atomic E-state index is -1.36. The Bertz CT molecular complexity index is 437. The molecular formula is C10H10O6. The lowest BCUT2D eigenvalue weighted by molar-refractivity contribution is 0.0648. The molecule has 0 radical (unpaired) electrons. The van der Waals surface area contributed by atoms with E-state index in [-0.39, 0.29) is 17.1 Å². The molecular weight excluding hydrogens is 216 g/mol. The Labute approximate surface area is 91.0 Å². The van der Waals surface area contributed by atoms with Crippen LogP contribution in [0.3, 0.4) is 0 Å². The number of carbonyl (C=O) groups is 2. The number of carboxylic acids is 2. The fourth-order valence-corrected chi connectivity index (χ4v) is 1.26. The third kappa shape index (κ3) is 2.05. The van der Waals surface area contributed by atoms with Crippen molar-refractivity contribution in [3.8, 4) is 11.5 Å². The Hall–Kier alpha value is -2.24. The molecule has 0 aromatic heterocycles. The van der Waals surface area contributed by atoms with E-state index in [0.717, 1.165) is 6.07 Å². The molecule has 0 heterocycles. The van der Waals surface area contributed by atoms with Crippen LogP contribution in [0.5, 0.6) is 11.5 Å². The van der Waals surface area contributed by atoms with Crippen LogP contribution in [-0.2, 0) is 0 Å². The smallest absolute Gasteiger partial charge is 0.340 e. The van der Waals surface area contributed by atoms with Crippen LogP contribution in [0.4, 0.5) is 0 Å². The van der Waals surface area contributed by atoms with E-state index in [1.165, 1.54) is 20.3 Å². The first-order valence-corrected chi connectivity index (χ1v) is 4.23. The zero-order valence-corrected chi connectivity index (χ0v) is 8.68. The van der Waals surface area contributed by atoms with Gasteiger partial charge < -0.3 is 19.7 Å². The number of ether oxygens (including phenoxy) is 2. The van der Waals surface area contributed by atoms with Gasteiger partial charge in [-0.3, -0.25) is 0 Å². The van der Waals surface area contributed by atoms with Crippen LogP contribution in [0.2, 0.25) is 0 Å². The molecule has 86 valence electrons. The van der Waals surface area contributed by atoms with Crippen LogP contribution in [0, 0.1) is 0 Å². The van der Waals surface area contributed by atoms with Gasteiger partial charge in [0, 0.05) is 6.07 Å². The van der Waals surface area contributed by atoms with Gasteiger partial charge in [-0.25, -0.2) is 9.59 Å². The average molecular weight is 226 g/mol. The maximum Gasteiger partial charge on any atom is 0.340 e. The molecule has 0 atom stereocenters. The van der Waals surface area contributed by atoms with Gasteiger partial charge in [0.1, 0.15) is 17.1 Å². The quantitative estimate of drug-likeness (QED) is 0.798. The second-order valence-electron chi connectivity index (χ2n) is 2.86. The van der Waals surface area contributed by atoms with Gasteiger partial charge in [-0.15, -0.1) is 0 Å². The van der Waals surface area contributed by atoms with Crippen LogP contribution in [0.15, 0.2) is 12.1 Å². The zero-order valence-electron chi connectivity index (χ0n) is 8.68. The number of hydrogen-bond acceptors (Lipinski definition) is 4. The van der Waals surface area contributed by atoms with Gasteiger partial charge in [0.25, 0.3) is 0 Å². The standard InChI is InChI=1S/C10H10O6/c1-15-5-3-6(9(11)12)8(10(13)14)7(4-5)16-2/h3-4H,1-2H3,(H,11,12)(H,13,14). The number of rotatable bonds is 4. The molecule has 1 aromatic rings. The Kier molecular flexibility index (Phi) is 3.34. The molecule has 0 saturated heterocycles. The molecule has 6 nitrogen and oxygen atoms in total. The Morgan fingerprint density at radius 3 is 2.06 bits per heavy atom. The molecule has 1 rings (SSSR count). The zero-order chi connectivity index (χ0) is 12.3. The van der Waals surface area contributed by atoms with E-state index in [0.29, 0.717) is 0 Å². The van der Waals surface area contributed by atoms with Crippen molar-refractivity contribution in [2.75, 3.05) is 14.2 Å². The molecule has 0 aliphatic heterocycles. The van der Waals surface area contributed by atoms with E-state index in [9.17, 15) is 9.59 Å². The van der Waals surface area contributed by atoms with Crippen molar-refractivity contribution in [2.45, 2.75) is 0 Å². The van der Waals surface area contributed by atoms with Crippen molar-refractivity contribution in [3.63, 3.8) is 0 Å². The van der Waals surface area contributed by atoms with Crippen LogP contribution < -0.4 is 9.47 Å². The number of benzene rings is 1. The van der Waals surface area contributed by atoms with Crippen molar-refractivity contribution >= 4 is 11.9 Å². The first kappa shape index (κ1) is 11.8. The number of carboxylic acid groups (broad SMARTS) is 2. The second-order valence-corrected chi connectivity index (χ2v) is 2.86. The van der Waals surface area contributed by atoms with Gasteiger partial charge in [-0.1, -0.05) is 0 Å².